The average Bonchev–Trinajstić information content (AvgIpc) is 3.35. The quantitative estimate of drug-likeness (QED) is 0.762. The summed E-state index contributed by atoms with van der Waals surface area (Å²) in [5.74, 6) is 1.09. The Morgan fingerprint density at radius 3 is 3.04 bits per heavy atom. The summed E-state index contributed by atoms with van der Waals surface area (Å²) in [6.07, 6.45) is 2.16. The molecule has 0 radical (unpaired) electrons. The van der Waals surface area contributed by atoms with Crippen LogP contribution in [0.3, 0.4) is 0 Å². The van der Waals surface area contributed by atoms with E-state index in [9.17, 15) is 4.79 Å². The second kappa shape index (κ2) is 7.17. The van der Waals surface area contributed by atoms with Crippen molar-refractivity contribution in [2.75, 3.05) is 20.3 Å². The van der Waals surface area contributed by atoms with Gasteiger partial charge in [-0.05, 0) is 49.2 Å². The molecule has 2 aromatic carbocycles. The number of ether oxygens (including phenoxy) is 2. The summed E-state index contributed by atoms with van der Waals surface area (Å²) >= 11 is 0. The average molecular weight is 352 g/mol. The standard InChI is InChI=1S/C20H20N2O4/c1-24-15-5-2-4-14(10-15)20-22-17-8-7-13(11-18(17)26-20)19(23)21-12-16-6-3-9-25-16/h2,4-5,7-8,10-11,16H,3,6,9,12H2,1H3,(H,21,23)/t16-/m0/s1. The molecule has 0 saturated carbocycles. The smallest absolute Gasteiger partial charge is 0.251 e. The van der Waals surface area contributed by atoms with E-state index in [-0.39, 0.29) is 12.0 Å². The van der Waals surface area contributed by atoms with Crippen LogP contribution in [0.25, 0.3) is 22.6 Å². The highest BCUT2D eigenvalue weighted by Crippen LogP contribution is 2.27. The highest BCUT2D eigenvalue weighted by atomic mass is 16.5. The SMILES string of the molecule is COc1cccc(-c2nc3ccc(C(=O)NC[C@@H]4CCCO4)cc3o2)c1. The largest absolute Gasteiger partial charge is 0.497 e. The minimum atomic E-state index is -0.137. The van der Waals surface area contributed by atoms with Crippen molar-refractivity contribution in [3.63, 3.8) is 0 Å². The van der Waals surface area contributed by atoms with E-state index in [0.717, 1.165) is 30.8 Å². The first-order valence-electron chi connectivity index (χ1n) is 8.68. The van der Waals surface area contributed by atoms with Crippen LogP contribution in [0.1, 0.15) is 23.2 Å². The van der Waals surface area contributed by atoms with Crippen molar-refractivity contribution in [3.05, 3.63) is 48.0 Å². The third kappa shape index (κ3) is 3.41. The van der Waals surface area contributed by atoms with Crippen molar-refractivity contribution in [1.82, 2.24) is 10.3 Å². The Hall–Kier alpha value is -2.86. The van der Waals surface area contributed by atoms with Gasteiger partial charge in [0.2, 0.25) is 5.89 Å². The molecular weight excluding hydrogens is 332 g/mol. The zero-order valence-corrected chi connectivity index (χ0v) is 14.5. The van der Waals surface area contributed by atoms with Crippen molar-refractivity contribution in [2.45, 2.75) is 18.9 Å². The molecule has 4 rings (SSSR count). The number of hydrogen-bond donors (Lipinski definition) is 1. The number of nitrogens with zero attached hydrogens (tertiary/aromatic N) is 1. The molecule has 0 spiro atoms. The number of oxazole rings is 1. The van der Waals surface area contributed by atoms with Crippen molar-refractivity contribution >= 4 is 17.0 Å². The van der Waals surface area contributed by atoms with Crippen molar-refractivity contribution < 1.29 is 18.7 Å². The van der Waals surface area contributed by atoms with E-state index in [4.69, 9.17) is 13.9 Å². The number of rotatable bonds is 5. The van der Waals surface area contributed by atoms with E-state index in [1.54, 1.807) is 25.3 Å². The number of methoxy groups -OCH3 is 1. The molecule has 1 aromatic heterocycles. The summed E-state index contributed by atoms with van der Waals surface area (Å²) in [6.45, 7) is 1.31. The van der Waals surface area contributed by atoms with Crippen molar-refractivity contribution in [2.24, 2.45) is 0 Å². The first-order valence-corrected chi connectivity index (χ1v) is 8.68. The Morgan fingerprint density at radius 1 is 1.31 bits per heavy atom. The second-order valence-electron chi connectivity index (χ2n) is 6.28. The molecule has 0 unspecified atom stereocenters. The lowest BCUT2D eigenvalue weighted by molar-refractivity contribution is 0.0858. The predicted molar refractivity (Wildman–Crippen MR) is 97.3 cm³/mol. The summed E-state index contributed by atoms with van der Waals surface area (Å²) in [5, 5.41) is 2.92. The summed E-state index contributed by atoms with van der Waals surface area (Å²) < 4.78 is 16.6. The van der Waals surface area contributed by atoms with Gasteiger partial charge in [0.25, 0.3) is 5.91 Å². The zero-order chi connectivity index (χ0) is 17.9. The number of carbonyl (C=O) groups excluding carboxylic acids is 1. The molecule has 1 aliphatic heterocycles. The minimum Gasteiger partial charge on any atom is -0.497 e. The van der Waals surface area contributed by atoms with E-state index in [0.29, 0.717) is 29.1 Å². The number of fused-ring (bicyclic) bond motifs is 1. The fourth-order valence-electron chi connectivity index (χ4n) is 3.06. The van der Waals surface area contributed by atoms with Crippen LogP contribution in [0.2, 0.25) is 0 Å². The molecule has 3 aromatic rings. The minimum absolute atomic E-state index is 0.118. The number of aromatic nitrogens is 1. The Kier molecular flexibility index (Phi) is 4.58. The maximum Gasteiger partial charge on any atom is 0.251 e. The molecule has 1 aliphatic rings. The molecule has 1 amide bonds. The molecule has 26 heavy (non-hydrogen) atoms. The van der Waals surface area contributed by atoms with Crippen LogP contribution in [0.5, 0.6) is 5.75 Å². The molecule has 2 heterocycles. The topological polar surface area (TPSA) is 73.6 Å². The molecule has 134 valence electrons. The van der Waals surface area contributed by atoms with Crippen LogP contribution in [0.4, 0.5) is 0 Å². The second-order valence-corrected chi connectivity index (χ2v) is 6.28. The van der Waals surface area contributed by atoms with E-state index in [2.05, 4.69) is 10.3 Å². The first kappa shape index (κ1) is 16.6. The molecule has 1 N–H and O–H groups in total. The molecule has 6 heteroatoms. The Balaban J connectivity index is 1.54. The molecule has 6 nitrogen and oxygen atoms in total. The van der Waals surface area contributed by atoms with E-state index in [1.165, 1.54) is 0 Å². The fraction of sp³-hybridized carbons (Fsp3) is 0.300. The Labute approximate surface area is 151 Å². The Bertz CT molecular complexity index is 928. The fourth-order valence-corrected chi connectivity index (χ4v) is 3.06. The lowest BCUT2D eigenvalue weighted by Gasteiger charge is -2.10. The highest BCUT2D eigenvalue weighted by Gasteiger charge is 2.17. The van der Waals surface area contributed by atoms with Crippen LogP contribution >= 0.6 is 0 Å². The zero-order valence-electron chi connectivity index (χ0n) is 14.5. The molecule has 0 bridgehead atoms. The van der Waals surface area contributed by atoms with Gasteiger partial charge in [-0.15, -0.1) is 0 Å². The summed E-state index contributed by atoms with van der Waals surface area (Å²) in [7, 11) is 1.62. The van der Waals surface area contributed by atoms with Gasteiger partial charge < -0.3 is 19.2 Å². The maximum absolute atomic E-state index is 12.4. The van der Waals surface area contributed by atoms with Crippen molar-refractivity contribution in [1.29, 1.82) is 0 Å². The summed E-state index contributed by atoms with van der Waals surface area (Å²) in [4.78, 5) is 16.9. The monoisotopic (exact) mass is 352 g/mol. The summed E-state index contributed by atoms with van der Waals surface area (Å²) in [6, 6.07) is 12.8. The van der Waals surface area contributed by atoms with Gasteiger partial charge in [0.1, 0.15) is 11.3 Å². The third-order valence-corrected chi connectivity index (χ3v) is 4.48. The van der Waals surface area contributed by atoms with E-state index < -0.39 is 0 Å². The number of carbonyl (C=O) groups is 1. The lowest BCUT2D eigenvalue weighted by Crippen LogP contribution is -2.31. The van der Waals surface area contributed by atoms with Crippen LogP contribution in [0.15, 0.2) is 46.9 Å². The van der Waals surface area contributed by atoms with Crippen LogP contribution in [-0.2, 0) is 4.74 Å². The highest BCUT2D eigenvalue weighted by molar-refractivity contribution is 5.97. The number of benzene rings is 2. The van der Waals surface area contributed by atoms with Crippen LogP contribution in [0, 0.1) is 0 Å². The molecule has 1 fully saturated rings. The van der Waals surface area contributed by atoms with Gasteiger partial charge in [0.05, 0.1) is 13.2 Å². The normalized spacial score (nSPS) is 16.7. The molecular formula is C20H20N2O4. The van der Waals surface area contributed by atoms with Crippen LogP contribution in [-0.4, -0.2) is 37.3 Å². The van der Waals surface area contributed by atoms with E-state index in [1.807, 2.05) is 24.3 Å². The van der Waals surface area contributed by atoms with Gasteiger partial charge in [-0.2, -0.15) is 0 Å². The summed E-state index contributed by atoms with van der Waals surface area (Å²) in [5.41, 5.74) is 2.65. The maximum atomic E-state index is 12.4. The van der Waals surface area contributed by atoms with Gasteiger partial charge in [0, 0.05) is 24.3 Å². The van der Waals surface area contributed by atoms with Gasteiger partial charge in [-0.3, -0.25) is 4.79 Å². The van der Waals surface area contributed by atoms with Gasteiger partial charge in [-0.25, -0.2) is 4.98 Å². The van der Waals surface area contributed by atoms with Gasteiger partial charge in [-0.1, -0.05) is 6.07 Å². The predicted octanol–water partition coefficient (Wildman–Crippen LogP) is 3.41. The van der Waals surface area contributed by atoms with E-state index >= 15 is 0 Å². The first-order chi connectivity index (χ1) is 12.7. The molecule has 1 atom stereocenters. The van der Waals surface area contributed by atoms with Gasteiger partial charge in [0.15, 0.2) is 5.58 Å². The number of nitrogens with one attached hydrogen (secondary N) is 1. The van der Waals surface area contributed by atoms with Crippen molar-refractivity contribution in [3.8, 4) is 17.2 Å². The molecule has 0 aliphatic carbocycles. The molecule has 1 saturated heterocycles. The third-order valence-electron chi connectivity index (χ3n) is 4.48. The van der Waals surface area contributed by atoms with Crippen LogP contribution < -0.4 is 10.1 Å². The lowest BCUT2D eigenvalue weighted by atomic mass is 10.2. The number of hydrogen-bond acceptors (Lipinski definition) is 5. The Morgan fingerprint density at radius 2 is 2.23 bits per heavy atom. The van der Waals surface area contributed by atoms with Gasteiger partial charge >= 0.3 is 0 Å². The number of amides is 1.